The molecule has 7 heteroatoms. The number of anilines is 1. The van der Waals surface area contributed by atoms with E-state index < -0.39 is 5.97 Å². The summed E-state index contributed by atoms with van der Waals surface area (Å²) in [5.41, 5.74) is 0.492. The number of amides is 1. The molecular weight excluding hydrogens is 339 g/mol. The summed E-state index contributed by atoms with van der Waals surface area (Å²) < 4.78 is 0. The van der Waals surface area contributed by atoms with Crippen LogP contribution < -0.4 is 5.32 Å². The SMILES string of the molecule is CCCN(CCCCC(=O)O)CC(=O)Nc1cc(Cl)ccc1Cl. The lowest BCUT2D eigenvalue weighted by atomic mass is 10.2. The van der Waals surface area contributed by atoms with Crippen LogP contribution in [0.4, 0.5) is 5.69 Å². The normalized spacial score (nSPS) is 10.8. The van der Waals surface area contributed by atoms with Gasteiger partial charge in [0.1, 0.15) is 0 Å². The quantitative estimate of drug-likeness (QED) is 0.620. The predicted octanol–water partition coefficient (Wildman–Crippen LogP) is 3.90. The van der Waals surface area contributed by atoms with Gasteiger partial charge >= 0.3 is 5.97 Å². The van der Waals surface area contributed by atoms with Crippen LogP contribution in [-0.2, 0) is 9.59 Å². The number of nitrogens with one attached hydrogen (secondary N) is 1. The van der Waals surface area contributed by atoms with E-state index in [1.165, 1.54) is 0 Å². The smallest absolute Gasteiger partial charge is 0.303 e. The third-order valence-corrected chi connectivity index (χ3v) is 3.79. The molecule has 0 radical (unpaired) electrons. The summed E-state index contributed by atoms with van der Waals surface area (Å²) >= 11 is 11.9. The van der Waals surface area contributed by atoms with Gasteiger partial charge in [-0.25, -0.2) is 0 Å². The van der Waals surface area contributed by atoms with Crippen LogP contribution in [0.15, 0.2) is 18.2 Å². The number of carbonyl (C=O) groups is 2. The Balaban J connectivity index is 2.49. The highest BCUT2D eigenvalue weighted by atomic mass is 35.5. The molecule has 2 N–H and O–H groups in total. The minimum atomic E-state index is -0.791. The topological polar surface area (TPSA) is 69.6 Å². The second-order valence-electron chi connectivity index (χ2n) is 5.30. The van der Waals surface area contributed by atoms with Crippen LogP contribution in [0.25, 0.3) is 0 Å². The lowest BCUT2D eigenvalue weighted by Gasteiger charge is -2.21. The van der Waals surface area contributed by atoms with Crippen LogP contribution >= 0.6 is 23.2 Å². The maximum absolute atomic E-state index is 12.2. The average Bonchev–Trinajstić information content (AvgIpc) is 2.47. The van der Waals surface area contributed by atoms with E-state index in [0.717, 1.165) is 19.4 Å². The Bertz CT molecular complexity index is 538. The number of rotatable bonds is 10. The highest BCUT2D eigenvalue weighted by Gasteiger charge is 2.12. The molecule has 128 valence electrons. The van der Waals surface area contributed by atoms with Crippen molar-refractivity contribution < 1.29 is 14.7 Å². The Morgan fingerprint density at radius 3 is 2.61 bits per heavy atom. The second-order valence-corrected chi connectivity index (χ2v) is 6.14. The molecule has 0 spiro atoms. The van der Waals surface area contributed by atoms with Crippen molar-refractivity contribution in [2.24, 2.45) is 0 Å². The molecule has 0 aromatic heterocycles. The second kappa shape index (κ2) is 10.5. The molecule has 0 saturated heterocycles. The van der Waals surface area contributed by atoms with E-state index in [9.17, 15) is 9.59 Å². The number of carboxylic acid groups (broad SMARTS) is 1. The van der Waals surface area contributed by atoms with Crippen molar-refractivity contribution in [3.05, 3.63) is 28.2 Å². The Morgan fingerprint density at radius 1 is 1.22 bits per heavy atom. The van der Waals surface area contributed by atoms with E-state index >= 15 is 0 Å². The van der Waals surface area contributed by atoms with Gasteiger partial charge in [-0.05, 0) is 50.6 Å². The number of halogens is 2. The number of carboxylic acids is 1. The summed E-state index contributed by atoms with van der Waals surface area (Å²) in [4.78, 5) is 24.7. The highest BCUT2D eigenvalue weighted by molar-refractivity contribution is 6.35. The van der Waals surface area contributed by atoms with E-state index in [1.54, 1.807) is 18.2 Å². The molecule has 1 aromatic carbocycles. The summed E-state index contributed by atoms with van der Waals surface area (Å²) in [5, 5.41) is 12.3. The molecule has 0 atom stereocenters. The molecular formula is C16H22Cl2N2O3. The van der Waals surface area contributed by atoms with Crippen molar-refractivity contribution in [2.75, 3.05) is 25.0 Å². The van der Waals surface area contributed by atoms with Crippen LogP contribution in [0.3, 0.4) is 0 Å². The average molecular weight is 361 g/mol. The van der Waals surface area contributed by atoms with Gasteiger partial charge in [-0.15, -0.1) is 0 Å². The summed E-state index contributed by atoms with van der Waals surface area (Å²) in [6.45, 7) is 3.75. The minimum Gasteiger partial charge on any atom is -0.481 e. The zero-order valence-electron chi connectivity index (χ0n) is 13.1. The first-order chi connectivity index (χ1) is 10.9. The first-order valence-electron chi connectivity index (χ1n) is 7.61. The third-order valence-electron chi connectivity index (χ3n) is 3.22. The Morgan fingerprint density at radius 2 is 1.96 bits per heavy atom. The number of hydrogen-bond acceptors (Lipinski definition) is 3. The fourth-order valence-corrected chi connectivity index (χ4v) is 2.52. The molecule has 0 fully saturated rings. The van der Waals surface area contributed by atoms with E-state index in [4.69, 9.17) is 28.3 Å². The number of aliphatic carboxylic acids is 1. The standard InChI is InChI=1S/C16H22Cl2N2O3/c1-2-8-20(9-4-3-5-16(22)23)11-15(21)19-14-10-12(17)6-7-13(14)18/h6-7,10H,2-5,8-9,11H2,1H3,(H,19,21)(H,22,23). The van der Waals surface area contributed by atoms with Crippen molar-refractivity contribution in [1.29, 1.82) is 0 Å². The summed E-state index contributed by atoms with van der Waals surface area (Å²) in [5.74, 6) is -0.957. The Labute approximate surface area is 146 Å². The van der Waals surface area contributed by atoms with Crippen LogP contribution in [0, 0.1) is 0 Å². The van der Waals surface area contributed by atoms with Gasteiger partial charge in [0, 0.05) is 11.4 Å². The Kier molecular flexibility index (Phi) is 8.99. The molecule has 0 bridgehead atoms. The van der Waals surface area contributed by atoms with E-state index in [-0.39, 0.29) is 18.9 Å². The van der Waals surface area contributed by atoms with Crippen LogP contribution in [0.1, 0.15) is 32.6 Å². The molecule has 0 heterocycles. The lowest BCUT2D eigenvalue weighted by molar-refractivity contribution is -0.137. The molecule has 0 unspecified atom stereocenters. The van der Waals surface area contributed by atoms with Gasteiger partial charge in [0.15, 0.2) is 0 Å². The minimum absolute atomic E-state index is 0.157. The molecule has 0 aliphatic carbocycles. The highest BCUT2D eigenvalue weighted by Crippen LogP contribution is 2.25. The summed E-state index contributed by atoms with van der Waals surface area (Å²) in [6, 6.07) is 4.90. The van der Waals surface area contributed by atoms with Crippen molar-refractivity contribution in [3.63, 3.8) is 0 Å². The van der Waals surface area contributed by atoms with Gasteiger partial charge in [-0.2, -0.15) is 0 Å². The van der Waals surface area contributed by atoms with E-state index in [1.807, 2.05) is 11.8 Å². The zero-order chi connectivity index (χ0) is 17.2. The van der Waals surface area contributed by atoms with E-state index in [2.05, 4.69) is 5.32 Å². The van der Waals surface area contributed by atoms with Gasteiger partial charge in [-0.1, -0.05) is 30.1 Å². The molecule has 23 heavy (non-hydrogen) atoms. The van der Waals surface area contributed by atoms with Crippen molar-refractivity contribution in [2.45, 2.75) is 32.6 Å². The Hall–Kier alpha value is -1.30. The molecule has 1 aromatic rings. The zero-order valence-corrected chi connectivity index (χ0v) is 14.7. The van der Waals surface area contributed by atoms with Gasteiger partial charge in [0.25, 0.3) is 0 Å². The molecule has 0 aliphatic heterocycles. The first-order valence-corrected chi connectivity index (χ1v) is 8.37. The van der Waals surface area contributed by atoms with Crippen molar-refractivity contribution in [1.82, 2.24) is 4.90 Å². The molecule has 0 saturated carbocycles. The summed E-state index contributed by atoms with van der Waals surface area (Å²) in [6.07, 6.45) is 2.43. The number of nitrogens with zero attached hydrogens (tertiary/aromatic N) is 1. The molecule has 1 rings (SSSR count). The van der Waals surface area contributed by atoms with Crippen LogP contribution in [0.2, 0.25) is 10.0 Å². The van der Waals surface area contributed by atoms with Gasteiger partial charge in [-0.3, -0.25) is 14.5 Å². The van der Waals surface area contributed by atoms with Crippen molar-refractivity contribution in [3.8, 4) is 0 Å². The fraction of sp³-hybridized carbons (Fsp3) is 0.500. The fourth-order valence-electron chi connectivity index (χ4n) is 2.18. The predicted molar refractivity (Wildman–Crippen MR) is 93.3 cm³/mol. The number of carbonyl (C=O) groups excluding carboxylic acids is 1. The largest absolute Gasteiger partial charge is 0.481 e. The number of hydrogen-bond donors (Lipinski definition) is 2. The number of benzene rings is 1. The van der Waals surface area contributed by atoms with Crippen molar-refractivity contribution >= 4 is 40.8 Å². The van der Waals surface area contributed by atoms with Gasteiger partial charge in [0.2, 0.25) is 5.91 Å². The lowest BCUT2D eigenvalue weighted by Crippen LogP contribution is -2.34. The van der Waals surface area contributed by atoms with Gasteiger partial charge in [0.05, 0.1) is 17.3 Å². The van der Waals surface area contributed by atoms with E-state index in [0.29, 0.717) is 28.7 Å². The molecule has 1 amide bonds. The maximum atomic E-state index is 12.2. The maximum Gasteiger partial charge on any atom is 0.303 e. The number of unbranched alkanes of at least 4 members (excludes halogenated alkanes) is 1. The third kappa shape index (κ3) is 8.21. The first kappa shape index (κ1) is 19.7. The van der Waals surface area contributed by atoms with Crippen LogP contribution in [-0.4, -0.2) is 41.5 Å². The molecule has 0 aliphatic rings. The summed E-state index contributed by atoms with van der Waals surface area (Å²) in [7, 11) is 0. The molecule has 5 nitrogen and oxygen atoms in total. The monoisotopic (exact) mass is 360 g/mol. The van der Waals surface area contributed by atoms with Crippen LogP contribution in [0.5, 0.6) is 0 Å². The van der Waals surface area contributed by atoms with Gasteiger partial charge < -0.3 is 10.4 Å².